The van der Waals surface area contributed by atoms with Crippen molar-refractivity contribution < 1.29 is 4.74 Å². The summed E-state index contributed by atoms with van der Waals surface area (Å²) in [5.41, 5.74) is 8.59. The lowest BCUT2D eigenvalue weighted by Gasteiger charge is -2.15. The van der Waals surface area contributed by atoms with Crippen molar-refractivity contribution in [2.45, 2.75) is 25.8 Å². The van der Waals surface area contributed by atoms with Crippen molar-refractivity contribution in [3.05, 3.63) is 33.8 Å². The number of rotatable bonds is 5. The Balaban J connectivity index is 2.65. The lowest BCUT2D eigenvalue weighted by Crippen LogP contribution is -2.12. The SMILES string of the molecule is COCCCC(N)c1cccc(Br)c1C. The third-order valence-electron chi connectivity index (χ3n) is 2.57. The fourth-order valence-corrected chi connectivity index (χ4v) is 2.01. The topological polar surface area (TPSA) is 35.2 Å². The van der Waals surface area contributed by atoms with Crippen LogP contribution in [-0.4, -0.2) is 13.7 Å². The van der Waals surface area contributed by atoms with Crippen LogP contribution in [0.5, 0.6) is 0 Å². The predicted octanol–water partition coefficient (Wildman–Crippen LogP) is 3.18. The number of halogens is 1. The van der Waals surface area contributed by atoms with E-state index in [1.165, 1.54) is 11.1 Å². The van der Waals surface area contributed by atoms with Gasteiger partial charge >= 0.3 is 0 Å². The molecule has 0 saturated heterocycles. The summed E-state index contributed by atoms with van der Waals surface area (Å²) in [5, 5.41) is 0. The van der Waals surface area contributed by atoms with Crippen LogP contribution in [-0.2, 0) is 4.74 Å². The lowest BCUT2D eigenvalue weighted by atomic mass is 9.98. The van der Waals surface area contributed by atoms with Gasteiger partial charge in [0.1, 0.15) is 0 Å². The van der Waals surface area contributed by atoms with Gasteiger partial charge in [-0.3, -0.25) is 0 Å². The molecule has 0 fully saturated rings. The summed E-state index contributed by atoms with van der Waals surface area (Å²) in [6, 6.07) is 6.28. The Morgan fingerprint density at radius 1 is 1.47 bits per heavy atom. The highest BCUT2D eigenvalue weighted by Crippen LogP contribution is 2.25. The monoisotopic (exact) mass is 271 g/mol. The van der Waals surface area contributed by atoms with Crippen LogP contribution >= 0.6 is 15.9 Å². The first kappa shape index (κ1) is 12.7. The Morgan fingerprint density at radius 3 is 2.87 bits per heavy atom. The van der Waals surface area contributed by atoms with Crippen molar-refractivity contribution in [1.82, 2.24) is 0 Å². The Hall–Kier alpha value is -0.380. The average Bonchev–Trinajstić information content (AvgIpc) is 2.22. The van der Waals surface area contributed by atoms with Crippen molar-refractivity contribution in [2.75, 3.05) is 13.7 Å². The summed E-state index contributed by atoms with van der Waals surface area (Å²) in [6.45, 7) is 2.87. The quantitative estimate of drug-likeness (QED) is 0.835. The minimum absolute atomic E-state index is 0.109. The molecule has 1 unspecified atom stereocenters. The highest BCUT2D eigenvalue weighted by atomic mass is 79.9. The summed E-state index contributed by atoms with van der Waals surface area (Å²) < 4.78 is 6.14. The van der Waals surface area contributed by atoms with E-state index in [1.54, 1.807) is 7.11 Å². The van der Waals surface area contributed by atoms with E-state index >= 15 is 0 Å². The molecule has 3 heteroatoms. The van der Waals surface area contributed by atoms with Crippen LogP contribution in [0.1, 0.15) is 30.0 Å². The third kappa shape index (κ3) is 3.59. The molecule has 1 rings (SSSR count). The van der Waals surface area contributed by atoms with Crippen molar-refractivity contribution in [3.63, 3.8) is 0 Å². The smallest absolute Gasteiger partial charge is 0.0462 e. The molecule has 0 aliphatic heterocycles. The lowest BCUT2D eigenvalue weighted by molar-refractivity contribution is 0.190. The second-order valence-electron chi connectivity index (χ2n) is 3.70. The summed E-state index contributed by atoms with van der Waals surface area (Å²) in [6.07, 6.45) is 1.97. The van der Waals surface area contributed by atoms with Gasteiger partial charge in [-0.1, -0.05) is 28.1 Å². The van der Waals surface area contributed by atoms with Crippen molar-refractivity contribution >= 4 is 15.9 Å². The zero-order chi connectivity index (χ0) is 11.3. The minimum Gasteiger partial charge on any atom is -0.385 e. The van der Waals surface area contributed by atoms with Gasteiger partial charge in [0, 0.05) is 24.2 Å². The summed E-state index contributed by atoms with van der Waals surface area (Å²) in [7, 11) is 1.72. The van der Waals surface area contributed by atoms with E-state index in [-0.39, 0.29) is 6.04 Å². The summed E-state index contributed by atoms with van der Waals surface area (Å²) >= 11 is 3.52. The molecular weight excluding hydrogens is 254 g/mol. The highest BCUT2D eigenvalue weighted by molar-refractivity contribution is 9.10. The second kappa shape index (κ2) is 6.26. The molecule has 15 heavy (non-hydrogen) atoms. The standard InChI is InChI=1S/C12H18BrNO/c1-9-10(5-3-6-11(9)13)12(14)7-4-8-15-2/h3,5-6,12H,4,7-8,14H2,1-2H3. The van der Waals surface area contributed by atoms with E-state index in [4.69, 9.17) is 10.5 Å². The molecule has 84 valence electrons. The first-order chi connectivity index (χ1) is 7.16. The number of benzene rings is 1. The van der Waals surface area contributed by atoms with Gasteiger partial charge in [0.2, 0.25) is 0 Å². The average molecular weight is 272 g/mol. The van der Waals surface area contributed by atoms with Gasteiger partial charge in [0.25, 0.3) is 0 Å². The van der Waals surface area contributed by atoms with E-state index in [9.17, 15) is 0 Å². The second-order valence-corrected chi connectivity index (χ2v) is 4.55. The summed E-state index contributed by atoms with van der Waals surface area (Å²) in [4.78, 5) is 0. The number of hydrogen-bond acceptors (Lipinski definition) is 2. The van der Waals surface area contributed by atoms with Gasteiger partial charge in [-0.2, -0.15) is 0 Å². The molecule has 2 N–H and O–H groups in total. The van der Waals surface area contributed by atoms with E-state index in [2.05, 4.69) is 28.9 Å². The van der Waals surface area contributed by atoms with Crippen LogP contribution in [0.25, 0.3) is 0 Å². The molecule has 0 aromatic heterocycles. The van der Waals surface area contributed by atoms with Crippen LogP contribution in [0.3, 0.4) is 0 Å². The van der Waals surface area contributed by atoms with E-state index < -0.39 is 0 Å². The largest absolute Gasteiger partial charge is 0.385 e. The van der Waals surface area contributed by atoms with Gasteiger partial charge in [0.15, 0.2) is 0 Å². The zero-order valence-corrected chi connectivity index (χ0v) is 10.9. The van der Waals surface area contributed by atoms with Gasteiger partial charge in [0.05, 0.1) is 0 Å². The molecule has 0 aliphatic rings. The number of hydrogen-bond donors (Lipinski definition) is 1. The third-order valence-corrected chi connectivity index (χ3v) is 3.43. The molecule has 1 atom stereocenters. The normalized spacial score (nSPS) is 12.8. The Morgan fingerprint density at radius 2 is 2.20 bits per heavy atom. The molecule has 0 aliphatic carbocycles. The fourth-order valence-electron chi connectivity index (χ4n) is 1.63. The van der Waals surface area contributed by atoms with Crippen molar-refractivity contribution in [3.8, 4) is 0 Å². The van der Waals surface area contributed by atoms with Crippen LogP contribution in [0.2, 0.25) is 0 Å². The first-order valence-corrected chi connectivity index (χ1v) is 5.95. The predicted molar refractivity (Wildman–Crippen MR) is 66.9 cm³/mol. The number of nitrogens with two attached hydrogens (primary N) is 1. The maximum Gasteiger partial charge on any atom is 0.0462 e. The van der Waals surface area contributed by atoms with Gasteiger partial charge in [-0.15, -0.1) is 0 Å². The molecular formula is C12H18BrNO. The van der Waals surface area contributed by atoms with Crippen LogP contribution in [0.15, 0.2) is 22.7 Å². The fraction of sp³-hybridized carbons (Fsp3) is 0.500. The van der Waals surface area contributed by atoms with Gasteiger partial charge in [-0.25, -0.2) is 0 Å². The Labute approximate surface area is 99.9 Å². The van der Waals surface area contributed by atoms with Crippen LogP contribution < -0.4 is 5.73 Å². The Kier molecular flexibility index (Phi) is 5.29. The van der Waals surface area contributed by atoms with E-state index in [1.807, 2.05) is 12.1 Å². The molecule has 2 nitrogen and oxygen atoms in total. The molecule has 0 radical (unpaired) electrons. The Bertz CT molecular complexity index is 314. The molecule has 0 heterocycles. The molecule has 0 saturated carbocycles. The van der Waals surface area contributed by atoms with Crippen LogP contribution in [0.4, 0.5) is 0 Å². The molecule has 1 aromatic carbocycles. The molecule has 0 spiro atoms. The summed E-state index contributed by atoms with van der Waals surface area (Å²) in [5.74, 6) is 0. The molecule has 0 bridgehead atoms. The minimum atomic E-state index is 0.109. The maximum absolute atomic E-state index is 6.13. The zero-order valence-electron chi connectivity index (χ0n) is 9.29. The molecule has 0 amide bonds. The molecule has 1 aromatic rings. The van der Waals surface area contributed by atoms with Crippen molar-refractivity contribution in [2.24, 2.45) is 5.73 Å². The van der Waals surface area contributed by atoms with E-state index in [0.29, 0.717) is 0 Å². The maximum atomic E-state index is 6.13. The highest BCUT2D eigenvalue weighted by Gasteiger charge is 2.09. The van der Waals surface area contributed by atoms with Gasteiger partial charge < -0.3 is 10.5 Å². The number of ether oxygens (including phenoxy) is 1. The number of methoxy groups -OCH3 is 1. The van der Waals surface area contributed by atoms with Crippen molar-refractivity contribution in [1.29, 1.82) is 0 Å². The van der Waals surface area contributed by atoms with Gasteiger partial charge in [-0.05, 0) is 37.0 Å². The van der Waals surface area contributed by atoms with Crippen LogP contribution in [0, 0.1) is 6.92 Å². The first-order valence-electron chi connectivity index (χ1n) is 5.16. The van der Waals surface area contributed by atoms with E-state index in [0.717, 1.165) is 23.9 Å².